The van der Waals surface area contributed by atoms with Crippen LogP contribution in [-0.4, -0.2) is 33.1 Å². The minimum Gasteiger partial charge on any atom is -0.393 e. The molecule has 0 unspecified atom stereocenters. The van der Waals surface area contributed by atoms with Crippen LogP contribution in [0.5, 0.6) is 0 Å². The van der Waals surface area contributed by atoms with E-state index in [-0.39, 0.29) is 10.8 Å². The van der Waals surface area contributed by atoms with Crippen LogP contribution in [0.4, 0.5) is 0 Å². The summed E-state index contributed by atoms with van der Waals surface area (Å²) in [7, 11) is 0. The van der Waals surface area contributed by atoms with Crippen LogP contribution in [0.25, 0.3) is 0 Å². The van der Waals surface area contributed by atoms with Gasteiger partial charge in [0, 0.05) is 11.8 Å². The van der Waals surface area contributed by atoms with Crippen molar-refractivity contribution in [1.82, 2.24) is 0 Å². The van der Waals surface area contributed by atoms with E-state index in [2.05, 4.69) is 53.7 Å². The number of allylic oxidation sites excluding steroid dienone is 3. The molecule has 176 valence electrons. The van der Waals surface area contributed by atoms with Gasteiger partial charge in [0.05, 0.1) is 6.10 Å². The summed E-state index contributed by atoms with van der Waals surface area (Å²) in [5.74, 6) is 3.37. The Bertz CT molecular complexity index is 741. The monoisotopic (exact) mass is 430 g/mol. The molecule has 0 bridgehead atoms. The molecule has 0 amide bonds. The van der Waals surface area contributed by atoms with Gasteiger partial charge < -0.3 is 15.3 Å². The molecule has 4 rings (SSSR count). The topological polar surface area (TPSA) is 60.7 Å². The molecular weight excluding hydrogens is 384 g/mol. The van der Waals surface area contributed by atoms with Crippen molar-refractivity contribution in [2.45, 2.75) is 104 Å². The molecule has 4 aliphatic rings. The van der Waals surface area contributed by atoms with E-state index in [1.807, 2.05) is 6.08 Å². The molecule has 0 heterocycles. The van der Waals surface area contributed by atoms with Crippen LogP contribution in [0, 0.1) is 46.3 Å². The summed E-state index contributed by atoms with van der Waals surface area (Å²) < 4.78 is 0. The lowest BCUT2D eigenvalue weighted by atomic mass is 9.45. The third kappa shape index (κ3) is 3.49. The van der Waals surface area contributed by atoms with Gasteiger partial charge in [0.25, 0.3) is 0 Å². The van der Waals surface area contributed by atoms with Crippen LogP contribution in [0.15, 0.2) is 23.8 Å². The summed E-state index contributed by atoms with van der Waals surface area (Å²) in [6.07, 6.45) is 12.1. The van der Waals surface area contributed by atoms with E-state index in [0.717, 1.165) is 19.3 Å². The standard InChI is InChI=1S/C28H46O3/c1-17(2)18(3)7-8-19(4)22-9-10-23-21-15-25(30)28(31)16-20(29)11-14-27(28,6)24(21)12-13-26(22,23)5/h7-8,15,17-20,22-25,29-31H,9-14,16H2,1-6H3/t18-,19+,20+,22+,23-,24-,25-,26+,27+,28-/m0/s1. The predicted octanol–water partition coefficient (Wildman–Crippen LogP) is 5.50. The van der Waals surface area contributed by atoms with Gasteiger partial charge in [-0.1, -0.05) is 65.3 Å². The van der Waals surface area contributed by atoms with E-state index < -0.39 is 17.8 Å². The Morgan fingerprint density at radius 1 is 0.935 bits per heavy atom. The van der Waals surface area contributed by atoms with Gasteiger partial charge in [-0.05, 0) is 79.4 Å². The van der Waals surface area contributed by atoms with Crippen molar-refractivity contribution in [3.05, 3.63) is 23.8 Å². The summed E-state index contributed by atoms with van der Waals surface area (Å²) in [4.78, 5) is 0. The zero-order valence-electron chi connectivity index (χ0n) is 20.6. The second kappa shape index (κ2) is 7.99. The molecular formula is C28H46O3. The maximum absolute atomic E-state index is 11.6. The first kappa shape index (κ1) is 23.5. The van der Waals surface area contributed by atoms with E-state index >= 15 is 0 Å². The number of hydrogen-bond acceptors (Lipinski definition) is 3. The number of hydrogen-bond donors (Lipinski definition) is 3. The third-order valence-electron chi connectivity index (χ3n) is 10.7. The number of aliphatic hydroxyl groups is 3. The molecule has 0 saturated heterocycles. The Hall–Kier alpha value is -0.640. The first-order valence-corrected chi connectivity index (χ1v) is 12.9. The van der Waals surface area contributed by atoms with E-state index in [1.54, 1.807) is 0 Å². The average Bonchev–Trinajstić information content (AvgIpc) is 3.05. The van der Waals surface area contributed by atoms with Gasteiger partial charge in [-0.15, -0.1) is 0 Å². The first-order chi connectivity index (χ1) is 14.4. The SMILES string of the molecule is CC(C)[C@@H](C)C=C[C@@H](C)[C@H]1CC[C@H]2C3=C[C@H](O)[C@@]4(O)C[C@H](O)CC[C@]4(C)[C@H]3CC[C@]12C. The van der Waals surface area contributed by atoms with Gasteiger partial charge in [0.2, 0.25) is 0 Å². The van der Waals surface area contributed by atoms with Gasteiger partial charge in [0.1, 0.15) is 11.7 Å². The van der Waals surface area contributed by atoms with Crippen LogP contribution >= 0.6 is 0 Å². The largest absolute Gasteiger partial charge is 0.393 e. The molecule has 3 fully saturated rings. The van der Waals surface area contributed by atoms with E-state index in [9.17, 15) is 15.3 Å². The van der Waals surface area contributed by atoms with Crippen LogP contribution in [0.1, 0.15) is 86.5 Å². The van der Waals surface area contributed by atoms with Crippen molar-refractivity contribution in [1.29, 1.82) is 0 Å². The Morgan fingerprint density at radius 2 is 1.65 bits per heavy atom. The summed E-state index contributed by atoms with van der Waals surface area (Å²) in [6, 6.07) is 0. The minimum atomic E-state index is -1.20. The molecule has 0 aromatic rings. The average molecular weight is 431 g/mol. The van der Waals surface area contributed by atoms with Crippen molar-refractivity contribution in [3.63, 3.8) is 0 Å². The van der Waals surface area contributed by atoms with Gasteiger partial charge in [-0.2, -0.15) is 0 Å². The van der Waals surface area contributed by atoms with Gasteiger partial charge in [-0.25, -0.2) is 0 Å². The highest BCUT2D eigenvalue weighted by Gasteiger charge is 2.64. The summed E-state index contributed by atoms with van der Waals surface area (Å²) in [6.45, 7) is 14.0. The van der Waals surface area contributed by atoms with Crippen molar-refractivity contribution in [3.8, 4) is 0 Å². The molecule has 4 aliphatic carbocycles. The molecule has 0 aliphatic heterocycles. The smallest absolute Gasteiger partial charge is 0.102 e. The fourth-order valence-corrected chi connectivity index (χ4v) is 8.16. The summed E-state index contributed by atoms with van der Waals surface area (Å²) in [5, 5.41) is 32.9. The normalized spacial score (nSPS) is 49.4. The van der Waals surface area contributed by atoms with Crippen molar-refractivity contribution in [2.24, 2.45) is 46.3 Å². The highest BCUT2D eigenvalue weighted by Crippen LogP contribution is 2.67. The molecule has 3 N–H and O–H groups in total. The van der Waals surface area contributed by atoms with E-state index in [4.69, 9.17) is 0 Å². The van der Waals surface area contributed by atoms with Crippen molar-refractivity contribution < 1.29 is 15.3 Å². The highest BCUT2D eigenvalue weighted by molar-refractivity contribution is 5.33. The zero-order chi connectivity index (χ0) is 22.8. The maximum atomic E-state index is 11.6. The van der Waals surface area contributed by atoms with Crippen LogP contribution < -0.4 is 0 Å². The molecule has 0 aromatic carbocycles. The molecule has 31 heavy (non-hydrogen) atoms. The number of rotatable bonds is 4. The molecule has 0 radical (unpaired) electrons. The Balaban J connectivity index is 1.61. The molecule has 3 heteroatoms. The second-order valence-electron chi connectivity index (χ2n) is 12.5. The summed E-state index contributed by atoms with van der Waals surface area (Å²) in [5.41, 5.74) is 0.160. The molecule has 3 nitrogen and oxygen atoms in total. The van der Waals surface area contributed by atoms with Gasteiger partial charge >= 0.3 is 0 Å². The Kier molecular flexibility index (Phi) is 6.06. The first-order valence-electron chi connectivity index (χ1n) is 12.9. The van der Waals surface area contributed by atoms with Crippen molar-refractivity contribution in [2.75, 3.05) is 0 Å². The second-order valence-corrected chi connectivity index (χ2v) is 12.5. The fourth-order valence-electron chi connectivity index (χ4n) is 8.16. The number of fused-ring (bicyclic) bond motifs is 5. The third-order valence-corrected chi connectivity index (χ3v) is 10.7. The number of aliphatic hydroxyl groups excluding tert-OH is 2. The quantitative estimate of drug-likeness (QED) is 0.516. The lowest BCUT2D eigenvalue weighted by molar-refractivity contribution is -0.210. The van der Waals surface area contributed by atoms with Crippen LogP contribution in [0.2, 0.25) is 0 Å². The zero-order valence-corrected chi connectivity index (χ0v) is 20.6. The summed E-state index contributed by atoms with van der Waals surface area (Å²) >= 11 is 0. The minimum absolute atomic E-state index is 0.271. The molecule has 3 saturated carbocycles. The highest BCUT2D eigenvalue weighted by atomic mass is 16.3. The fraction of sp³-hybridized carbons (Fsp3) is 0.857. The van der Waals surface area contributed by atoms with Crippen molar-refractivity contribution >= 4 is 0 Å². The Morgan fingerprint density at radius 3 is 2.32 bits per heavy atom. The Labute approximate surface area is 190 Å². The lowest BCUT2D eigenvalue weighted by Gasteiger charge is -2.62. The van der Waals surface area contributed by atoms with E-state index in [0.29, 0.717) is 41.9 Å². The maximum Gasteiger partial charge on any atom is 0.102 e. The van der Waals surface area contributed by atoms with Crippen LogP contribution in [0.3, 0.4) is 0 Å². The lowest BCUT2D eigenvalue weighted by Crippen LogP contribution is -2.65. The van der Waals surface area contributed by atoms with Gasteiger partial charge in [0.15, 0.2) is 0 Å². The molecule has 0 spiro atoms. The van der Waals surface area contributed by atoms with Crippen LogP contribution in [-0.2, 0) is 0 Å². The van der Waals surface area contributed by atoms with E-state index in [1.165, 1.54) is 24.8 Å². The van der Waals surface area contributed by atoms with Gasteiger partial charge in [-0.3, -0.25) is 0 Å². The predicted molar refractivity (Wildman–Crippen MR) is 126 cm³/mol. The molecule has 10 atom stereocenters. The molecule has 0 aromatic heterocycles.